The molecule has 0 radical (unpaired) electrons. The molecule has 146 valence electrons. The lowest BCUT2D eigenvalue weighted by Gasteiger charge is -2.26. The average molecular weight is 419 g/mol. The van der Waals surface area contributed by atoms with Gasteiger partial charge in [-0.2, -0.15) is 5.10 Å². The number of carbonyl (C=O) groups excluding carboxylic acids is 1. The van der Waals surface area contributed by atoms with Gasteiger partial charge in [-0.1, -0.05) is 29.3 Å². The Kier molecular flexibility index (Phi) is 4.38. The number of carbonyl (C=O) groups is 1. The minimum Gasteiger partial charge on any atom is -0.357 e. The van der Waals surface area contributed by atoms with Gasteiger partial charge in [0.2, 0.25) is 5.91 Å². The molecular formula is C20H20Cl2N4O2. The Morgan fingerprint density at radius 1 is 1.21 bits per heavy atom. The van der Waals surface area contributed by atoms with E-state index >= 15 is 0 Å². The minimum absolute atomic E-state index is 0.0190. The number of hydrogen-bond donors (Lipinski definition) is 0. The van der Waals surface area contributed by atoms with Crippen LogP contribution in [-0.4, -0.2) is 38.8 Å². The summed E-state index contributed by atoms with van der Waals surface area (Å²) in [5.41, 5.74) is 3.90. The third kappa shape index (κ3) is 2.74. The highest BCUT2D eigenvalue weighted by atomic mass is 35.5. The normalized spacial score (nSPS) is 20.0. The second-order valence-corrected chi connectivity index (χ2v) is 8.23. The highest BCUT2D eigenvalue weighted by Gasteiger charge is 2.29. The molecule has 1 atom stereocenters. The molecule has 0 aliphatic carbocycles. The van der Waals surface area contributed by atoms with Crippen molar-refractivity contribution < 1.29 is 9.53 Å². The van der Waals surface area contributed by atoms with Gasteiger partial charge >= 0.3 is 0 Å². The maximum atomic E-state index is 12.3. The number of ether oxygens (including phenoxy) is 1. The first-order valence-corrected chi connectivity index (χ1v) is 10.2. The molecule has 3 aromatic rings. The smallest absolute Gasteiger partial charge is 0.242 e. The van der Waals surface area contributed by atoms with Crippen LogP contribution in [0.5, 0.6) is 0 Å². The summed E-state index contributed by atoms with van der Waals surface area (Å²) in [6, 6.07) is 3.78. The summed E-state index contributed by atoms with van der Waals surface area (Å²) in [7, 11) is 1.82. The fourth-order valence-electron chi connectivity index (χ4n) is 4.22. The Balaban J connectivity index is 1.70. The summed E-state index contributed by atoms with van der Waals surface area (Å²) >= 11 is 12.8. The average Bonchev–Trinajstić information content (AvgIpc) is 3.29. The van der Waals surface area contributed by atoms with Gasteiger partial charge in [-0.3, -0.25) is 4.79 Å². The number of fused-ring (bicyclic) bond motifs is 3. The van der Waals surface area contributed by atoms with Gasteiger partial charge in [-0.25, -0.2) is 4.68 Å². The van der Waals surface area contributed by atoms with Gasteiger partial charge in [0.05, 0.1) is 28.3 Å². The number of aromatic nitrogens is 3. The maximum absolute atomic E-state index is 12.3. The molecule has 1 unspecified atom stereocenters. The summed E-state index contributed by atoms with van der Waals surface area (Å²) in [6.07, 6.45) is 7.09. The van der Waals surface area contributed by atoms with Crippen LogP contribution < -0.4 is 0 Å². The number of benzene rings is 1. The van der Waals surface area contributed by atoms with Gasteiger partial charge in [0.1, 0.15) is 12.8 Å². The van der Waals surface area contributed by atoms with E-state index in [0.717, 1.165) is 53.6 Å². The van der Waals surface area contributed by atoms with Crippen molar-refractivity contribution in [2.45, 2.75) is 38.6 Å². The van der Waals surface area contributed by atoms with Gasteiger partial charge < -0.3 is 14.2 Å². The number of hydrogen-bond acceptors (Lipinski definition) is 3. The fourth-order valence-corrected chi connectivity index (χ4v) is 4.64. The first-order chi connectivity index (χ1) is 13.5. The van der Waals surface area contributed by atoms with E-state index in [0.29, 0.717) is 16.6 Å². The molecule has 0 N–H and O–H groups in total. The van der Waals surface area contributed by atoms with E-state index in [1.807, 2.05) is 40.8 Å². The van der Waals surface area contributed by atoms with Crippen molar-refractivity contribution in [2.24, 2.45) is 0 Å². The second-order valence-electron chi connectivity index (χ2n) is 7.45. The number of amides is 1. The van der Waals surface area contributed by atoms with E-state index < -0.39 is 0 Å². The molecule has 2 aliphatic rings. The Morgan fingerprint density at radius 2 is 2.07 bits per heavy atom. The van der Waals surface area contributed by atoms with E-state index in [2.05, 4.69) is 5.10 Å². The monoisotopic (exact) mass is 418 g/mol. The summed E-state index contributed by atoms with van der Waals surface area (Å²) in [4.78, 5) is 14.1. The van der Waals surface area contributed by atoms with Gasteiger partial charge in [0, 0.05) is 42.1 Å². The van der Waals surface area contributed by atoms with Gasteiger partial charge in [0.15, 0.2) is 0 Å². The molecule has 0 bridgehead atoms. The topological polar surface area (TPSA) is 52.3 Å². The third-order valence-electron chi connectivity index (χ3n) is 5.67. The lowest BCUT2D eigenvalue weighted by atomic mass is 10.0. The standard InChI is InChI=1S/C20H20Cl2N4O2/c1-24-10-15-18(12-8-23-26(9-12)17-4-2-3-7-28-17)13-5-6-14(21)19(22)20(13)25(15)11-16(24)27/h5-6,8-9,17H,2-4,7,10-11H2,1H3. The Bertz CT molecular complexity index is 1080. The van der Waals surface area contributed by atoms with E-state index in [-0.39, 0.29) is 18.7 Å². The molecule has 0 spiro atoms. The third-order valence-corrected chi connectivity index (χ3v) is 6.46. The first-order valence-electron chi connectivity index (χ1n) is 9.43. The quantitative estimate of drug-likeness (QED) is 0.616. The van der Waals surface area contributed by atoms with Gasteiger partial charge in [-0.05, 0) is 25.3 Å². The summed E-state index contributed by atoms with van der Waals surface area (Å²) < 4.78 is 9.76. The molecule has 1 amide bonds. The zero-order valence-corrected chi connectivity index (χ0v) is 17.0. The second kappa shape index (κ2) is 6.79. The van der Waals surface area contributed by atoms with Crippen molar-refractivity contribution in [3.63, 3.8) is 0 Å². The van der Waals surface area contributed by atoms with Crippen molar-refractivity contribution in [3.05, 3.63) is 40.3 Å². The van der Waals surface area contributed by atoms with Crippen LogP contribution in [0.2, 0.25) is 10.0 Å². The molecule has 2 aliphatic heterocycles. The highest BCUT2D eigenvalue weighted by molar-refractivity contribution is 6.45. The van der Waals surface area contributed by atoms with Crippen molar-refractivity contribution in [1.29, 1.82) is 0 Å². The molecule has 1 fully saturated rings. The zero-order chi connectivity index (χ0) is 19.4. The molecule has 8 heteroatoms. The summed E-state index contributed by atoms with van der Waals surface area (Å²) in [6.45, 7) is 1.54. The molecule has 4 heterocycles. The predicted octanol–water partition coefficient (Wildman–Crippen LogP) is 4.48. The fraction of sp³-hybridized carbons (Fsp3) is 0.400. The van der Waals surface area contributed by atoms with Crippen molar-refractivity contribution >= 4 is 40.0 Å². The van der Waals surface area contributed by atoms with Crippen LogP contribution in [0, 0.1) is 0 Å². The summed E-state index contributed by atoms with van der Waals surface area (Å²) in [5.74, 6) is 0.0540. The maximum Gasteiger partial charge on any atom is 0.242 e. The SMILES string of the molecule is CN1Cc2c(-c3cnn(C4CCCCO4)c3)c3ccc(Cl)c(Cl)c3n2CC1=O. The molecule has 6 nitrogen and oxygen atoms in total. The number of halogens is 2. The summed E-state index contributed by atoms with van der Waals surface area (Å²) in [5, 5.41) is 6.51. The van der Waals surface area contributed by atoms with E-state index in [1.165, 1.54) is 0 Å². The van der Waals surface area contributed by atoms with Crippen LogP contribution in [0.3, 0.4) is 0 Å². The number of nitrogens with zero attached hydrogens (tertiary/aromatic N) is 4. The molecule has 1 aromatic carbocycles. The van der Waals surface area contributed by atoms with Gasteiger partial charge in [0.25, 0.3) is 0 Å². The minimum atomic E-state index is -0.0190. The van der Waals surface area contributed by atoms with E-state index in [1.54, 1.807) is 4.90 Å². The Hall–Kier alpha value is -2.02. The van der Waals surface area contributed by atoms with Crippen molar-refractivity contribution in [2.75, 3.05) is 13.7 Å². The van der Waals surface area contributed by atoms with Crippen LogP contribution in [0.4, 0.5) is 0 Å². The molecule has 2 aromatic heterocycles. The predicted molar refractivity (Wildman–Crippen MR) is 108 cm³/mol. The largest absolute Gasteiger partial charge is 0.357 e. The zero-order valence-electron chi connectivity index (χ0n) is 15.5. The van der Waals surface area contributed by atoms with Crippen LogP contribution in [0.25, 0.3) is 22.0 Å². The molecule has 28 heavy (non-hydrogen) atoms. The molecule has 5 rings (SSSR count). The lowest BCUT2D eigenvalue weighted by molar-refractivity contribution is -0.132. The molecule has 0 saturated carbocycles. The highest BCUT2D eigenvalue weighted by Crippen LogP contribution is 2.42. The first kappa shape index (κ1) is 18.0. The van der Waals surface area contributed by atoms with E-state index in [9.17, 15) is 4.79 Å². The van der Waals surface area contributed by atoms with Crippen LogP contribution >= 0.6 is 23.2 Å². The lowest BCUT2D eigenvalue weighted by Crippen LogP contribution is -2.36. The van der Waals surface area contributed by atoms with Gasteiger partial charge in [-0.15, -0.1) is 0 Å². The van der Waals surface area contributed by atoms with E-state index in [4.69, 9.17) is 27.9 Å². The molecular weight excluding hydrogens is 399 g/mol. The molecule has 1 saturated heterocycles. The van der Waals surface area contributed by atoms with Crippen molar-refractivity contribution in [1.82, 2.24) is 19.2 Å². The number of rotatable bonds is 2. The van der Waals surface area contributed by atoms with Crippen LogP contribution in [0.1, 0.15) is 31.2 Å². The van der Waals surface area contributed by atoms with Crippen molar-refractivity contribution in [3.8, 4) is 11.1 Å². The van der Waals surface area contributed by atoms with Crippen LogP contribution in [0.15, 0.2) is 24.5 Å². The Labute approximate surface area is 172 Å². The number of likely N-dealkylation sites (N-methyl/N-ethyl adjacent to an activating group) is 1. The Morgan fingerprint density at radius 3 is 2.86 bits per heavy atom. The van der Waals surface area contributed by atoms with Crippen LogP contribution in [-0.2, 0) is 22.6 Å².